The number of benzene rings is 1. The second-order valence-corrected chi connectivity index (χ2v) is 6.26. The van der Waals surface area contributed by atoms with Crippen LogP contribution in [-0.2, 0) is 6.54 Å². The van der Waals surface area contributed by atoms with Crippen LogP contribution in [0.1, 0.15) is 45.6 Å². The Morgan fingerprint density at radius 3 is 2.61 bits per heavy atom. The first-order valence-electron chi connectivity index (χ1n) is 6.66. The molecule has 1 unspecified atom stereocenters. The lowest BCUT2D eigenvalue weighted by Crippen LogP contribution is -2.25. The zero-order chi connectivity index (χ0) is 13.5. The average molecular weight is 316 g/mol. The smallest absolute Gasteiger partial charge is 0.127 e. The highest BCUT2D eigenvalue weighted by Gasteiger charge is 2.06. The van der Waals surface area contributed by atoms with E-state index in [9.17, 15) is 4.39 Å². The lowest BCUT2D eigenvalue weighted by molar-refractivity contribution is 0.452. The van der Waals surface area contributed by atoms with Crippen LogP contribution in [0.25, 0.3) is 0 Å². The summed E-state index contributed by atoms with van der Waals surface area (Å²) < 4.78 is 14.4. The number of hydrogen-bond donors (Lipinski definition) is 1. The van der Waals surface area contributed by atoms with Crippen molar-refractivity contribution >= 4 is 15.9 Å². The topological polar surface area (TPSA) is 12.0 Å². The molecule has 1 N–H and O–H groups in total. The summed E-state index contributed by atoms with van der Waals surface area (Å²) in [4.78, 5) is 0. The third kappa shape index (κ3) is 5.96. The standard InChI is InChI=1S/C15H23BrFN/c1-11(2)5-4-6-12(3)18-10-13-9-14(16)7-8-15(13)17/h7-9,11-12,18H,4-6,10H2,1-3H3. The predicted octanol–water partition coefficient (Wildman–Crippen LogP) is 4.89. The molecule has 0 bridgehead atoms. The van der Waals surface area contributed by atoms with Gasteiger partial charge in [0, 0.05) is 22.6 Å². The first-order chi connectivity index (χ1) is 8.49. The van der Waals surface area contributed by atoms with Gasteiger partial charge in [0.05, 0.1) is 0 Å². The van der Waals surface area contributed by atoms with Gasteiger partial charge < -0.3 is 5.32 Å². The Bertz CT molecular complexity index is 366. The first kappa shape index (κ1) is 15.6. The molecule has 0 amide bonds. The number of halogens is 2. The first-order valence-corrected chi connectivity index (χ1v) is 7.45. The van der Waals surface area contributed by atoms with Crippen molar-refractivity contribution in [2.75, 3.05) is 0 Å². The normalized spacial score (nSPS) is 13.0. The van der Waals surface area contributed by atoms with E-state index in [2.05, 4.69) is 42.0 Å². The maximum atomic E-state index is 13.5. The number of rotatable bonds is 7. The molecule has 18 heavy (non-hydrogen) atoms. The maximum Gasteiger partial charge on any atom is 0.127 e. The fourth-order valence-electron chi connectivity index (χ4n) is 1.90. The van der Waals surface area contributed by atoms with Crippen LogP contribution >= 0.6 is 15.9 Å². The molecule has 0 aromatic heterocycles. The van der Waals surface area contributed by atoms with Crippen LogP contribution < -0.4 is 5.32 Å². The summed E-state index contributed by atoms with van der Waals surface area (Å²) in [7, 11) is 0. The third-order valence-electron chi connectivity index (χ3n) is 3.07. The number of nitrogens with one attached hydrogen (secondary N) is 1. The quantitative estimate of drug-likeness (QED) is 0.755. The van der Waals surface area contributed by atoms with Gasteiger partial charge in [-0.15, -0.1) is 0 Å². The predicted molar refractivity (Wildman–Crippen MR) is 79.1 cm³/mol. The average Bonchev–Trinajstić information content (AvgIpc) is 2.30. The summed E-state index contributed by atoms with van der Waals surface area (Å²) in [6.45, 7) is 7.24. The highest BCUT2D eigenvalue weighted by Crippen LogP contribution is 2.16. The molecular weight excluding hydrogens is 293 g/mol. The molecule has 0 aliphatic heterocycles. The van der Waals surface area contributed by atoms with Crippen LogP contribution in [0.2, 0.25) is 0 Å². The van der Waals surface area contributed by atoms with Crippen molar-refractivity contribution in [3.05, 3.63) is 34.1 Å². The Hall–Kier alpha value is -0.410. The van der Waals surface area contributed by atoms with Crippen LogP contribution in [-0.4, -0.2) is 6.04 Å². The highest BCUT2D eigenvalue weighted by atomic mass is 79.9. The maximum absolute atomic E-state index is 13.5. The monoisotopic (exact) mass is 315 g/mol. The lowest BCUT2D eigenvalue weighted by atomic mass is 10.0. The lowest BCUT2D eigenvalue weighted by Gasteiger charge is -2.15. The van der Waals surface area contributed by atoms with Gasteiger partial charge in [0.1, 0.15) is 5.82 Å². The van der Waals surface area contributed by atoms with Crippen molar-refractivity contribution in [1.29, 1.82) is 0 Å². The van der Waals surface area contributed by atoms with Gasteiger partial charge in [-0.1, -0.05) is 42.6 Å². The second-order valence-electron chi connectivity index (χ2n) is 5.34. The molecule has 102 valence electrons. The van der Waals surface area contributed by atoms with Crippen molar-refractivity contribution < 1.29 is 4.39 Å². The van der Waals surface area contributed by atoms with Gasteiger partial charge in [-0.3, -0.25) is 0 Å². The van der Waals surface area contributed by atoms with E-state index in [1.165, 1.54) is 18.9 Å². The third-order valence-corrected chi connectivity index (χ3v) is 3.56. The van der Waals surface area contributed by atoms with Crippen molar-refractivity contribution in [3.8, 4) is 0 Å². The Morgan fingerprint density at radius 1 is 1.22 bits per heavy atom. The van der Waals surface area contributed by atoms with Crippen LogP contribution in [0.15, 0.2) is 22.7 Å². The molecule has 0 aliphatic carbocycles. The van der Waals surface area contributed by atoms with Gasteiger partial charge in [0.25, 0.3) is 0 Å². The summed E-state index contributed by atoms with van der Waals surface area (Å²) in [5.41, 5.74) is 0.722. The molecule has 3 heteroatoms. The molecule has 1 aromatic carbocycles. The molecule has 1 aromatic rings. The summed E-state index contributed by atoms with van der Waals surface area (Å²) in [5.74, 6) is 0.625. The minimum atomic E-state index is -0.139. The molecule has 1 nitrogen and oxygen atoms in total. The van der Waals surface area contributed by atoms with Gasteiger partial charge in [-0.2, -0.15) is 0 Å². The van der Waals surface area contributed by atoms with Gasteiger partial charge in [-0.25, -0.2) is 4.39 Å². The molecule has 0 radical (unpaired) electrons. The van der Waals surface area contributed by atoms with Gasteiger partial charge in [-0.05, 0) is 37.5 Å². The summed E-state index contributed by atoms with van der Waals surface area (Å²) in [6.07, 6.45) is 3.64. The molecule has 0 saturated heterocycles. The molecule has 0 spiro atoms. The van der Waals surface area contributed by atoms with Crippen molar-refractivity contribution in [1.82, 2.24) is 5.32 Å². The number of hydrogen-bond acceptors (Lipinski definition) is 1. The minimum absolute atomic E-state index is 0.139. The minimum Gasteiger partial charge on any atom is -0.310 e. The van der Waals surface area contributed by atoms with Gasteiger partial charge in [0.2, 0.25) is 0 Å². The molecule has 0 heterocycles. The molecule has 0 fully saturated rings. The van der Waals surface area contributed by atoms with Crippen molar-refractivity contribution in [2.45, 2.75) is 52.6 Å². The zero-order valence-electron chi connectivity index (χ0n) is 11.5. The van der Waals surface area contributed by atoms with Crippen LogP contribution in [0.5, 0.6) is 0 Å². The molecular formula is C15H23BrFN. The largest absolute Gasteiger partial charge is 0.310 e. The van der Waals surface area contributed by atoms with E-state index < -0.39 is 0 Å². The van der Waals surface area contributed by atoms with Crippen LogP contribution in [0.3, 0.4) is 0 Å². The van der Waals surface area contributed by atoms with E-state index >= 15 is 0 Å². The van der Waals surface area contributed by atoms with E-state index in [1.54, 1.807) is 6.07 Å². The van der Waals surface area contributed by atoms with Crippen molar-refractivity contribution in [2.24, 2.45) is 5.92 Å². The summed E-state index contributed by atoms with van der Waals surface area (Å²) >= 11 is 3.37. The van der Waals surface area contributed by atoms with Gasteiger partial charge >= 0.3 is 0 Å². The van der Waals surface area contributed by atoms with E-state index in [4.69, 9.17) is 0 Å². The van der Waals surface area contributed by atoms with E-state index in [0.717, 1.165) is 22.4 Å². The fourth-order valence-corrected chi connectivity index (χ4v) is 2.31. The summed E-state index contributed by atoms with van der Waals surface area (Å²) in [5, 5.41) is 3.38. The van der Waals surface area contributed by atoms with E-state index in [-0.39, 0.29) is 5.82 Å². The Labute approximate surface area is 118 Å². The second kappa shape index (κ2) is 7.90. The molecule has 1 atom stereocenters. The van der Waals surface area contributed by atoms with Crippen LogP contribution in [0.4, 0.5) is 4.39 Å². The van der Waals surface area contributed by atoms with Gasteiger partial charge in [0.15, 0.2) is 0 Å². The Balaban J connectivity index is 2.33. The SMILES string of the molecule is CC(C)CCCC(C)NCc1cc(Br)ccc1F. The fraction of sp³-hybridized carbons (Fsp3) is 0.600. The Kier molecular flexibility index (Phi) is 6.87. The molecule has 0 aliphatic rings. The molecule has 0 saturated carbocycles. The van der Waals surface area contributed by atoms with E-state index in [0.29, 0.717) is 12.6 Å². The Morgan fingerprint density at radius 2 is 1.94 bits per heavy atom. The summed E-state index contributed by atoms with van der Waals surface area (Å²) in [6, 6.07) is 5.50. The van der Waals surface area contributed by atoms with Crippen molar-refractivity contribution in [3.63, 3.8) is 0 Å². The van der Waals surface area contributed by atoms with E-state index in [1.807, 2.05) is 6.07 Å². The zero-order valence-corrected chi connectivity index (χ0v) is 13.1. The van der Waals surface area contributed by atoms with Crippen LogP contribution in [0, 0.1) is 11.7 Å². The highest BCUT2D eigenvalue weighted by molar-refractivity contribution is 9.10. The molecule has 1 rings (SSSR count).